The molecule has 0 spiro atoms. The smallest absolute Gasteiger partial charge is 0.172 e. The molecule has 0 saturated carbocycles. The quantitative estimate of drug-likeness (QED) is 0.332. The van der Waals surface area contributed by atoms with Crippen LogP contribution in [0.1, 0.15) is 11.3 Å². The summed E-state index contributed by atoms with van der Waals surface area (Å²) in [6.45, 7) is 3.54. The van der Waals surface area contributed by atoms with Gasteiger partial charge in [-0.25, -0.2) is 9.97 Å². The van der Waals surface area contributed by atoms with Crippen molar-refractivity contribution in [1.82, 2.24) is 19.5 Å². The zero-order chi connectivity index (χ0) is 22.3. The Morgan fingerprint density at radius 3 is 2.50 bits per heavy atom. The van der Waals surface area contributed by atoms with Gasteiger partial charge in [0.1, 0.15) is 5.82 Å². The number of aromatic nitrogens is 4. The Bertz CT molecular complexity index is 1130. The number of benzene rings is 1. The maximum atomic E-state index is 6.12. The van der Waals surface area contributed by atoms with E-state index in [1.165, 1.54) is 0 Å². The summed E-state index contributed by atoms with van der Waals surface area (Å²) in [5.74, 6) is 1.74. The maximum absolute atomic E-state index is 6.12. The number of aryl methyl sites for hydroxylation is 1. The first-order valence-electron chi connectivity index (χ1n) is 10.3. The largest absolute Gasteiger partial charge is 0.374 e. The molecular weight excluding hydrogens is 440 g/mol. The van der Waals surface area contributed by atoms with Crippen LogP contribution in [-0.4, -0.2) is 38.9 Å². The van der Waals surface area contributed by atoms with Gasteiger partial charge in [-0.05, 0) is 55.0 Å². The summed E-state index contributed by atoms with van der Waals surface area (Å²) in [7, 11) is 2.09. The Morgan fingerprint density at radius 1 is 1.00 bits per heavy atom. The van der Waals surface area contributed by atoms with Crippen molar-refractivity contribution in [1.29, 1.82) is 0 Å². The number of anilines is 2. The second-order valence-corrected chi connectivity index (χ2v) is 8.89. The highest BCUT2D eigenvalue weighted by Crippen LogP contribution is 2.25. The monoisotopic (exact) mass is 464 g/mol. The number of nitrogens with zero attached hydrogens (tertiary/aromatic N) is 5. The van der Waals surface area contributed by atoms with Crippen molar-refractivity contribution in [2.75, 3.05) is 29.6 Å². The summed E-state index contributed by atoms with van der Waals surface area (Å²) < 4.78 is 2.18. The second-order valence-electron chi connectivity index (χ2n) is 7.39. The molecule has 164 valence electrons. The molecule has 3 heterocycles. The Labute approximate surface area is 197 Å². The molecule has 0 atom stereocenters. The van der Waals surface area contributed by atoms with Crippen molar-refractivity contribution in [3.8, 4) is 5.69 Å². The molecule has 1 aromatic carbocycles. The van der Waals surface area contributed by atoms with Crippen LogP contribution in [0.5, 0.6) is 0 Å². The van der Waals surface area contributed by atoms with Gasteiger partial charge < -0.3 is 10.2 Å². The lowest BCUT2D eigenvalue weighted by Gasteiger charge is -2.19. The number of halogens is 1. The van der Waals surface area contributed by atoms with Gasteiger partial charge in [0.05, 0.1) is 18.4 Å². The third kappa shape index (κ3) is 5.60. The van der Waals surface area contributed by atoms with Crippen molar-refractivity contribution in [3.05, 3.63) is 89.6 Å². The van der Waals surface area contributed by atoms with E-state index < -0.39 is 0 Å². The number of rotatable bonds is 9. The van der Waals surface area contributed by atoms with Crippen molar-refractivity contribution >= 4 is 34.9 Å². The lowest BCUT2D eigenvalue weighted by molar-refractivity contribution is 0.839. The molecule has 0 bridgehead atoms. The van der Waals surface area contributed by atoms with E-state index in [9.17, 15) is 0 Å². The average Bonchev–Trinajstić information content (AvgIpc) is 3.22. The molecule has 8 heteroatoms. The molecule has 6 nitrogen and oxygen atoms in total. The molecule has 4 rings (SSSR count). The maximum Gasteiger partial charge on any atom is 0.172 e. The molecule has 0 aliphatic carbocycles. The van der Waals surface area contributed by atoms with E-state index >= 15 is 0 Å². The van der Waals surface area contributed by atoms with Crippen LogP contribution in [0.2, 0.25) is 5.02 Å². The van der Waals surface area contributed by atoms with Gasteiger partial charge in [-0.3, -0.25) is 9.55 Å². The van der Waals surface area contributed by atoms with Crippen LogP contribution < -0.4 is 10.2 Å². The Kier molecular flexibility index (Phi) is 7.29. The standard InChI is InChI=1S/C24H25ClN6S/c1-18-3-8-23(27-15-18)28-16-22-17-29-24(31(22)21-6-4-19(25)5-7-21)32-14-13-30(2)20-9-11-26-12-10-20/h3-12,15,17H,13-14,16H2,1-2H3,(H,27,28). The highest BCUT2D eigenvalue weighted by molar-refractivity contribution is 7.99. The Morgan fingerprint density at radius 2 is 1.78 bits per heavy atom. The molecule has 32 heavy (non-hydrogen) atoms. The number of imidazole rings is 1. The second kappa shape index (κ2) is 10.5. The molecule has 0 radical (unpaired) electrons. The van der Waals surface area contributed by atoms with E-state index in [1.807, 2.05) is 80.2 Å². The van der Waals surface area contributed by atoms with Crippen molar-refractivity contribution < 1.29 is 0 Å². The predicted molar refractivity (Wildman–Crippen MR) is 133 cm³/mol. The lowest BCUT2D eigenvalue weighted by Crippen LogP contribution is -2.20. The van der Waals surface area contributed by atoms with E-state index in [4.69, 9.17) is 16.6 Å². The molecule has 0 fully saturated rings. The van der Waals surface area contributed by atoms with Crippen molar-refractivity contribution in [3.63, 3.8) is 0 Å². The topological polar surface area (TPSA) is 58.9 Å². The molecule has 0 aliphatic heterocycles. The third-order valence-electron chi connectivity index (χ3n) is 5.01. The zero-order valence-corrected chi connectivity index (χ0v) is 19.6. The van der Waals surface area contributed by atoms with Crippen LogP contribution >= 0.6 is 23.4 Å². The highest BCUT2D eigenvalue weighted by Gasteiger charge is 2.13. The van der Waals surface area contributed by atoms with Gasteiger partial charge in [-0.2, -0.15) is 0 Å². The van der Waals surface area contributed by atoms with Gasteiger partial charge in [-0.1, -0.05) is 29.4 Å². The minimum atomic E-state index is 0.614. The fourth-order valence-electron chi connectivity index (χ4n) is 3.22. The first-order chi connectivity index (χ1) is 15.6. The van der Waals surface area contributed by atoms with Gasteiger partial charge in [0.15, 0.2) is 5.16 Å². The van der Waals surface area contributed by atoms with Crippen LogP contribution in [0.4, 0.5) is 11.5 Å². The molecule has 0 aliphatic rings. The zero-order valence-electron chi connectivity index (χ0n) is 18.1. The molecule has 3 aromatic heterocycles. The SMILES string of the molecule is Cc1ccc(NCc2cnc(SCCN(C)c3ccncc3)n2-c2ccc(Cl)cc2)nc1. The van der Waals surface area contributed by atoms with Crippen LogP contribution in [0.25, 0.3) is 5.69 Å². The van der Waals surface area contributed by atoms with Crippen molar-refractivity contribution in [2.45, 2.75) is 18.6 Å². The predicted octanol–water partition coefficient (Wildman–Crippen LogP) is 5.46. The number of pyridine rings is 2. The summed E-state index contributed by atoms with van der Waals surface area (Å²) in [6, 6.07) is 15.9. The third-order valence-corrected chi connectivity index (χ3v) is 6.20. The highest BCUT2D eigenvalue weighted by atomic mass is 35.5. The summed E-state index contributed by atoms with van der Waals surface area (Å²) in [5, 5.41) is 5.06. The molecular formula is C24H25ClN6S. The normalized spacial score (nSPS) is 10.8. The van der Waals surface area contributed by atoms with Crippen molar-refractivity contribution in [2.24, 2.45) is 0 Å². The van der Waals surface area contributed by atoms with E-state index in [2.05, 4.69) is 31.8 Å². The average molecular weight is 465 g/mol. The molecule has 1 N–H and O–H groups in total. The van der Waals surface area contributed by atoms with Crippen LogP contribution in [0.3, 0.4) is 0 Å². The fourth-order valence-corrected chi connectivity index (χ4v) is 4.37. The minimum absolute atomic E-state index is 0.614. The molecule has 0 unspecified atom stereocenters. The van der Waals surface area contributed by atoms with E-state index in [1.54, 1.807) is 11.8 Å². The summed E-state index contributed by atoms with van der Waals surface area (Å²) in [4.78, 5) is 15.5. The number of hydrogen-bond donors (Lipinski definition) is 1. The molecule has 0 saturated heterocycles. The lowest BCUT2D eigenvalue weighted by atomic mass is 10.3. The Balaban J connectivity index is 1.49. The van der Waals surface area contributed by atoms with Crippen LogP contribution in [0.15, 0.2) is 78.5 Å². The minimum Gasteiger partial charge on any atom is -0.374 e. The van der Waals surface area contributed by atoms with Gasteiger partial charge >= 0.3 is 0 Å². The summed E-state index contributed by atoms with van der Waals surface area (Å²) in [5.41, 5.74) is 4.37. The number of thioether (sulfide) groups is 1. The summed E-state index contributed by atoms with van der Waals surface area (Å²) in [6.07, 6.45) is 7.41. The van der Waals surface area contributed by atoms with E-state index in [-0.39, 0.29) is 0 Å². The van der Waals surface area contributed by atoms with Gasteiger partial charge in [0, 0.05) is 54.3 Å². The summed E-state index contributed by atoms with van der Waals surface area (Å²) >= 11 is 7.85. The first kappa shape index (κ1) is 22.2. The first-order valence-corrected chi connectivity index (χ1v) is 11.7. The number of hydrogen-bond acceptors (Lipinski definition) is 6. The molecule has 4 aromatic rings. The van der Waals surface area contributed by atoms with Gasteiger partial charge in [0.2, 0.25) is 0 Å². The van der Waals surface area contributed by atoms with E-state index in [0.717, 1.165) is 45.9 Å². The number of nitrogens with one attached hydrogen (secondary N) is 1. The van der Waals surface area contributed by atoms with Crippen LogP contribution in [0, 0.1) is 6.92 Å². The molecule has 0 amide bonds. The Hall–Kier alpha value is -3.03. The van der Waals surface area contributed by atoms with Crippen LogP contribution in [-0.2, 0) is 6.54 Å². The fraction of sp³-hybridized carbons (Fsp3) is 0.208. The van der Waals surface area contributed by atoms with E-state index in [0.29, 0.717) is 11.6 Å². The van der Waals surface area contributed by atoms with Gasteiger partial charge in [-0.15, -0.1) is 0 Å². The van der Waals surface area contributed by atoms with Gasteiger partial charge in [0.25, 0.3) is 0 Å².